The molecule has 1 aliphatic rings. The molecule has 1 aliphatic heterocycles. The van der Waals surface area contributed by atoms with Crippen molar-refractivity contribution in [3.8, 4) is 0 Å². The van der Waals surface area contributed by atoms with Gasteiger partial charge in [0.05, 0.1) is 25.0 Å². The van der Waals surface area contributed by atoms with E-state index in [-0.39, 0.29) is 18.6 Å². The molecule has 7 nitrogen and oxygen atoms in total. The van der Waals surface area contributed by atoms with Gasteiger partial charge in [0.25, 0.3) is 0 Å². The van der Waals surface area contributed by atoms with E-state index in [0.29, 0.717) is 18.8 Å². The monoisotopic (exact) mass is 381 g/mol. The largest absolute Gasteiger partial charge is 0.370 e. The van der Waals surface area contributed by atoms with E-state index in [1.165, 1.54) is 11.1 Å². The van der Waals surface area contributed by atoms with Crippen LogP contribution in [0.1, 0.15) is 24.2 Å². The second kappa shape index (κ2) is 9.85. The number of guanidine groups is 1. The summed E-state index contributed by atoms with van der Waals surface area (Å²) in [6.45, 7) is 6.94. The number of benzene rings is 1. The van der Waals surface area contributed by atoms with Gasteiger partial charge < -0.3 is 20.3 Å². The van der Waals surface area contributed by atoms with Crippen molar-refractivity contribution in [1.82, 2.24) is 15.2 Å². The molecule has 0 spiro atoms. The average Bonchev–Trinajstić information content (AvgIpc) is 2.72. The van der Waals surface area contributed by atoms with Crippen LogP contribution in [0.2, 0.25) is 0 Å². The number of pyridine rings is 1. The van der Waals surface area contributed by atoms with Crippen molar-refractivity contribution in [3.63, 3.8) is 0 Å². The third-order valence-corrected chi connectivity index (χ3v) is 4.55. The molecular weight excluding hydrogens is 354 g/mol. The molecule has 0 bridgehead atoms. The maximum absolute atomic E-state index is 12.2. The first kappa shape index (κ1) is 19.8. The first-order valence-electron chi connectivity index (χ1n) is 9.57. The number of anilines is 1. The zero-order valence-electron chi connectivity index (χ0n) is 16.4. The summed E-state index contributed by atoms with van der Waals surface area (Å²) in [7, 11) is 0. The topological polar surface area (TPSA) is 78.8 Å². The summed E-state index contributed by atoms with van der Waals surface area (Å²) >= 11 is 0. The quantitative estimate of drug-likeness (QED) is 0.614. The van der Waals surface area contributed by atoms with Crippen LogP contribution in [0.4, 0.5) is 5.69 Å². The third kappa shape index (κ3) is 5.29. The molecule has 1 amide bonds. The first-order chi connectivity index (χ1) is 13.7. The Kier molecular flexibility index (Phi) is 6.97. The number of morpholine rings is 1. The first-order valence-corrected chi connectivity index (χ1v) is 9.57. The van der Waals surface area contributed by atoms with Gasteiger partial charge in [-0.1, -0.05) is 24.3 Å². The van der Waals surface area contributed by atoms with Gasteiger partial charge in [-0.05, 0) is 37.1 Å². The highest BCUT2D eigenvalue weighted by Crippen LogP contribution is 2.24. The van der Waals surface area contributed by atoms with Crippen LogP contribution in [-0.2, 0) is 9.53 Å². The van der Waals surface area contributed by atoms with E-state index in [1.54, 1.807) is 24.5 Å². The van der Waals surface area contributed by atoms with Crippen LogP contribution in [0.25, 0.3) is 0 Å². The number of aliphatic imine (C=N–C) groups is 1. The SMILES string of the molecule is CCNC(=NCC(=O)Nc1cccnc1)N1CCOC(c2ccccc2C)C1. The predicted octanol–water partition coefficient (Wildman–Crippen LogP) is 2.37. The van der Waals surface area contributed by atoms with E-state index in [2.05, 4.69) is 44.6 Å². The zero-order chi connectivity index (χ0) is 19.8. The van der Waals surface area contributed by atoms with Crippen LogP contribution in [0.15, 0.2) is 53.8 Å². The summed E-state index contributed by atoms with van der Waals surface area (Å²) in [6.07, 6.45) is 3.27. The van der Waals surface area contributed by atoms with Crippen molar-refractivity contribution in [2.24, 2.45) is 4.99 Å². The summed E-state index contributed by atoms with van der Waals surface area (Å²) in [6, 6.07) is 11.9. The number of hydrogen-bond donors (Lipinski definition) is 2. The van der Waals surface area contributed by atoms with Crippen LogP contribution in [0.3, 0.4) is 0 Å². The lowest BCUT2D eigenvalue weighted by Crippen LogP contribution is -2.48. The predicted molar refractivity (Wildman–Crippen MR) is 110 cm³/mol. The molecule has 0 radical (unpaired) electrons. The maximum Gasteiger partial charge on any atom is 0.246 e. The standard InChI is InChI=1S/C21H27N5O2/c1-3-23-21(24-14-20(27)25-17-8-6-10-22-13-17)26-11-12-28-19(15-26)18-9-5-4-7-16(18)2/h4-10,13,19H,3,11-12,14-15H2,1-2H3,(H,23,24)(H,25,27). The number of carbonyl (C=O) groups is 1. The van der Waals surface area contributed by atoms with Gasteiger partial charge in [-0.3, -0.25) is 9.78 Å². The molecule has 7 heteroatoms. The molecule has 1 fully saturated rings. The molecule has 1 atom stereocenters. The maximum atomic E-state index is 12.2. The lowest BCUT2D eigenvalue weighted by atomic mass is 10.0. The Morgan fingerprint density at radius 1 is 1.32 bits per heavy atom. The average molecular weight is 381 g/mol. The Labute approximate surface area is 165 Å². The zero-order valence-corrected chi connectivity index (χ0v) is 16.4. The van der Waals surface area contributed by atoms with Gasteiger partial charge in [-0.25, -0.2) is 4.99 Å². The molecule has 148 valence electrons. The minimum absolute atomic E-state index is 0.0111. The minimum atomic E-state index is -0.174. The number of aromatic nitrogens is 1. The fraction of sp³-hybridized carbons (Fsp3) is 0.381. The Hall–Kier alpha value is -2.93. The fourth-order valence-corrected chi connectivity index (χ4v) is 3.19. The van der Waals surface area contributed by atoms with Gasteiger partial charge >= 0.3 is 0 Å². The lowest BCUT2D eigenvalue weighted by molar-refractivity contribution is -0.114. The molecule has 0 aliphatic carbocycles. The Bertz CT molecular complexity index is 809. The van der Waals surface area contributed by atoms with Gasteiger partial charge in [0.15, 0.2) is 5.96 Å². The van der Waals surface area contributed by atoms with Crippen molar-refractivity contribution < 1.29 is 9.53 Å². The molecule has 2 N–H and O–H groups in total. The van der Waals surface area contributed by atoms with E-state index in [9.17, 15) is 4.79 Å². The fourth-order valence-electron chi connectivity index (χ4n) is 3.19. The molecular formula is C21H27N5O2. The van der Waals surface area contributed by atoms with E-state index in [4.69, 9.17) is 4.74 Å². The summed E-state index contributed by atoms with van der Waals surface area (Å²) in [4.78, 5) is 22.9. The van der Waals surface area contributed by atoms with Crippen molar-refractivity contribution in [2.75, 3.05) is 38.1 Å². The molecule has 1 saturated heterocycles. The second-order valence-corrected chi connectivity index (χ2v) is 6.62. The highest BCUT2D eigenvalue weighted by Gasteiger charge is 2.25. The van der Waals surface area contributed by atoms with Gasteiger partial charge in [0.1, 0.15) is 12.6 Å². The second-order valence-electron chi connectivity index (χ2n) is 6.62. The number of nitrogens with zero attached hydrogens (tertiary/aromatic N) is 3. The van der Waals surface area contributed by atoms with Crippen LogP contribution < -0.4 is 10.6 Å². The molecule has 1 unspecified atom stereocenters. The molecule has 1 aromatic carbocycles. The van der Waals surface area contributed by atoms with E-state index in [1.807, 2.05) is 19.1 Å². The van der Waals surface area contributed by atoms with Gasteiger partial charge in [-0.15, -0.1) is 0 Å². The third-order valence-electron chi connectivity index (χ3n) is 4.55. The highest BCUT2D eigenvalue weighted by atomic mass is 16.5. The van der Waals surface area contributed by atoms with Crippen molar-refractivity contribution in [1.29, 1.82) is 0 Å². The Morgan fingerprint density at radius 2 is 2.18 bits per heavy atom. The van der Waals surface area contributed by atoms with Crippen molar-refractivity contribution in [2.45, 2.75) is 20.0 Å². The molecule has 2 heterocycles. The van der Waals surface area contributed by atoms with E-state index >= 15 is 0 Å². The Morgan fingerprint density at radius 3 is 2.93 bits per heavy atom. The van der Waals surface area contributed by atoms with Crippen LogP contribution >= 0.6 is 0 Å². The van der Waals surface area contributed by atoms with Crippen LogP contribution in [-0.4, -0.2) is 54.5 Å². The molecule has 3 rings (SSSR count). The smallest absolute Gasteiger partial charge is 0.246 e. The summed E-state index contributed by atoms with van der Waals surface area (Å²) in [5, 5.41) is 6.09. The van der Waals surface area contributed by atoms with Gasteiger partial charge in [0, 0.05) is 19.3 Å². The number of rotatable bonds is 5. The molecule has 2 aromatic rings. The normalized spacial score (nSPS) is 17.3. The summed E-state index contributed by atoms with van der Waals surface area (Å²) in [5.74, 6) is 0.554. The van der Waals surface area contributed by atoms with E-state index < -0.39 is 0 Å². The van der Waals surface area contributed by atoms with E-state index in [0.717, 1.165) is 19.0 Å². The van der Waals surface area contributed by atoms with Gasteiger partial charge in [0.2, 0.25) is 5.91 Å². The number of ether oxygens (including phenoxy) is 1. The van der Waals surface area contributed by atoms with Gasteiger partial charge in [-0.2, -0.15) is 0 Å². The minimum Gasteiger partial charge on any atom is -0.370 e. The highest BCUT2D eigenvalue weighted by molar-refractivity contribution is 5.93. The molecule has 1 aromatic heterocycles. The number of amides is 1. The number of nitrogens with one attached hydrogen (secondary N) is 2. The molecule has 28 heavy (non-hydrogen) atoms. The summed E-state index contributed by atoms with van der Waals surface area (Å²) in [5.41, 5.74) is 3.07. The number of hydrogen-bond acceptors (Lipinski definition) is 4. The van der Waals surface area contributed by atoms with Crippen molar-refractivity contribution >= 4 is 17.6 Å². The lowest BCUT2D eigenvalue weighted by Gasteiger charge is -2.35. The number of carbonyl (C=O) groups excluding carboxylic acids is 1. The van der Waals surface area contributed by atoms with Crippen molar-refractivity contribution in [3.05, 3.63) is 59.9 Å². The Balaban J connectivity index is 1.66. The number of aryl methyl sites for hydroxylation is 1. The molecule has 0 saturated carbocycles. The van der Waals surface area contributed by atoms with Crippen LogP contribution in [0.5, 0.6) is 0 Å². The van der Waals surface area contributed by atoms with Crippen LogP contribution in [0, 0.1) is 6.92 Å². The summed E-state index contributed by atoms with van der Waals surface area (Å²) < 4.78 is 6.00.